The smallest absolute Gasteiger partial charge is 0.176 e. The number of rotatable bonds is 2. The summed E-state index contributed by atoms with van der Waals surface area (Å²) in [6.45, 7) is 0. The normalized spacial score (nSPS) is 37.6. The van der Waals surface area contributed by atoms with Crippen molar-refractivity contribution in [2.75, 3.05) is 7.11 Å². The molecule has 0 spiro atoms. The highest BCUT2D eigenvalue weighted by atomic mass is 16.6. The Balaban J connectivity index is 2.34. The first kappa shape index (κ1) is 7.36. The average molecular weight is 168 g/mol. The minimum Gasteiger partial charge on any atom is -0.504 e. The first-order valence-corrected chi connectivity index (χ1v) is 3.54. The maximum Gasteiger partial charge on any atom is 0.176 e. The molecule has 1 aliphatic heterocycles. The Kier molecular flexibility index (Phi) is 1.29. The van der Waals surface area contributed by atoms with Crippen LogP contribution in [0, 0.1) is 0 Å². The number of methoxy groups -OCH3 is 1. The Labute approximate surface area is 69.1 Å². The molecule has 0 aromatic rings. The second-order valence-electron chi connectivity index (χ2n) is 2.76. The van der Waals surface area contributed by atoms with Gasteiger partial charge in [-0.15, -0.1) is 0 Å². The molecule has 1 saturated heterocycles. The van der Waals surface area contributed by atoms with Crippen molar-refractivity contribution >= 4 is 6.29 Å². The Morgan fingerprint density at radius 3 is 3.17 bits per heavy atom. The highest BCUT2D eigenvalue weighted by molar-refractivity contribution is 5.74. The number of aliphatic hydroxyl groups is 1. The number of hydrogen-bond donors (Lipinski definition) is 1. The predicted octanol–water partition coefficient (Wildman–Crippen LogP) is 0.309. The minimum atomic E-state index is -0.864. The van der Waals surface area contributed by atoms with Gasteiger partial charge < -0.3 is 14.6 Å². The van der Waals surface area contributed by atoms with Gasteiger partial charge in [0.15, 0.2) is 29.5 Å². The molecule has 64 valence electrons. The average Bonchev–Trinajstić information content (AvgIpc) is 2.80. The van der Waals surface area contributed by atoms with E-state index in [1.165, 1.54) is 19.3 Å². The second kappa shape index (κ2) is 2.10. The first-order valence-electron chi connectivity index (χ1n) is 3.54. The lowest BCUT2D eigenvalue weighted by atomic mass is 10.0. The molecule has 0 aromatic heterocycles. The fraction of sp³-hybridized carbons (Fsp3) is 0.375. The fourth-order valence-electron chi connectivity index (χ4n) is 1.32. The summed E-state index contributed by atoms with van der Waals surface area (Å²) in [5.41, 5.74) is -0.864. The lowest BCUT2D eigenvalue weighted by Crippen LogP contribution is -2.19. The maximum absolute atomic E-state index is 10.6. The third kappa shape index (κ3) is 0.726. The molecule has 0 radical (unpaired) electrons. The summed E-state index contributed by atoms with van der Waals surface area (Å²) in [4.78, 5) is 10.6. The van der Waals surface area contributed by atoms with E-state index >= 15 is 0 Å². The van der Waals surface area contributed by atoms with Crippen LogP contribution in [0.2, 0.25) is 0 Å². The molecule has 2 unspecified atom stereocenters. The molecule has 1 aliphatic carbocycles. The van der Waals surface area contributed by atoms with Crippen LogP contribution in [0.1, 0.15) is 0 Å². The molecule has 4 nitrogen and oxygen atoms in total. The van der Waals surface area contributed by atoms with Gasteiger partial charge >= 0.3 is 0 Å². The highest BCUT2D eigenvalue weighted by Crippen LogP contribution is 2.44. The molecule has 2 atom stereocenters. The summed E-state index contributed by atoms with van der Waals surface area (Å²) >= 11 is 0. The van der Waals surface area contributed by atoms with Gasteiger partial charge in [-0.05, 0) is 12.2 Å². The van der Waals surface area contributed by atoms with E-state index < -0.39 is 11.7 Å². The lowest BCUT2D eigenvalue weighted by Gasteiger charge is -2.08. The Hall–Kier alpha value is -1.29. The number of carbonyl (C=O) groups is 1. The zero-order valence-electron chi connectivity index (χ0n) is 6.48. The summed E-state index contributed by atoms with van der Waals surface area (Å²) in [5.74, 6) is 0.349. The van der Waals surface area contributed by atoms with Crippen molar-refractivity contribution < 1.29 is 19.4 Å². The van der Waals surface area contributed by atoms with Crippen LogP contribution in [0.15, 0.2) is 23.7 Å². The third-order valence-electron chi connectivity index (χ3n) is 2.07. The van der Waals surface area contributed by atoms with Gasteiger partial charge in [-0.25, -0.2) is 0 Å². The van der Waals surface area contributed by atoms with Gasteiger partial charge in [0.25, 0.3) is 0 Å². The number of ether oxygens (including phenoxy) is 2. The zero-order valence-corrected chi connectivity index (χ0v) is 6.48. The molecule has 4 heteroatoms. The van der Waals surface area contributed by atoms with Crippen LogP contribution in [0.25, 0.3) is 0 Å². The predicted molar refractivity (Wildman–Crippen MR) is 39.5 cm³/mol. The van der Waals surface area contributed by atoms with Crippen molar-refractivity contribution in [3.05, 3.63) is 23.7 Å². The Bertz CT molecular complexity index is 291. The molecular weight excluding hydrogens is 160 g/mol. The standard InChI is InChI=1S/C8H8O4/c1-11-6-5(10)2-3-8(4-9)7(6)12-8/h2-4,7,10H,1H3. The molecule has 2 rings (SSSR count). The van der Waals surface area contributed by atoms with Gasteiger partial charge in [0.2, 0.25) is 0 Å². The number of fused-ring (bicyclic) bond motifs is 1. The molecule has 0 saturated carbocycles. The number of allylic oxidation sites excluding steroid dienone is 1. The fourth-order valence-corrected chi connectivity index (χ4v) is 1.32. The number of aliphatic hydroxyl groups excluding tert-OH is 1. The minimum absolute atomic E-state index is 0.0254. The molecule has 0 bridgehead atoms. The zero-order chi connectivity index (χ0) is 8.77. The van der Waals surface area contributed by atoms with E-state index in [0.717, 1.165) is 0 Å². The van der Waals surface area contributed by atoms with Gasteiger partial charge in [0, 0.05) is 0 Å². The molecule has 2 aliphatic rings. The van der Waals surface area contributed by atoms with Crippen LogP contribution in [0.3, 0.4) is 0 Å². The Morgan fingerprint density at radius 2 is 2.58 bits per heavy atom. The van der Waals surface area contributed by atoms with Crippen LogP contribution in [-0.2, 0) is 14.3 Å². The summed E-state index contributed by atoms with van der Waals surface area (Å²) in [6, 6.07) is 0. The van der Waals surface area contributed by atoms with Crippen LogP contribution >= 0.6 is 0 Å². The van der Waals surface area contributed by atoms with E-state index in [0.29, 0.717) is 12.0 Å². The van der Waals surface area contributed by atoms with Gasteiger partial charge in [0.05, 0.1) is 7.11 Å². The number of hydrogen-bond acceptors (Lipinski definition) is 4. The monoisotopic (exact) mass is 168 g/mol. The summed E-state index contributed by atoms with van der Waals surface area (Å²) in [5, 5.41) is 9.25. The first-order chi connectivity index (χ1) is 5.73. The quantitative estimate of drug-likeness (QED) is 0.476. The van der Waals surface area contributed by atoms with Crippen molar-refractivity contribution in [3.8, 4) is 0 Å². The van der Waals surface area contributed by atoms with Crippen molar-refractivity contribution in [2.24, 2.45) is 0 Å². The third-order valence-corrected chi connectivity index (χ3v) is 2.07. The molecule has 0 aromatic carbocycles. The largest absolute Gasteiger partial charge is 0.504 e. The number of epoxide rings is 1. The van der Waals surface area contributed by atoms with Crippen LogP contribution in [0.5, 0.6) is 0 Å². The lowest BCUT2D eigenvalue weighted by molar-refractivity contribution is -0.110. The van der Waals surface area contributed by atoms with Gasteiger partial charge in [-0.2, -0.15) is 0 Å². The van der Waals surface area contributed by atoms with E-state index in [9.17, 15) is 9.90 Å². The number of carbonyl (C=O) groups excluding carboxylic acids is 1. The van der Waals surface area contributed by atoms with Crippen LogP contribution < -0.4 is 0 Å². The van der Waals surface area contributed by atoms with E-state index in [4.69, 9.17) is 9.47 Å². The van der Waals surface area contributed by atoms with Crippen molar-refractivity contribution in [2.45, 2.75) is 11.7 Å². The van der Waals surface area contributed by atoms with Crippen molar-refractivity contribution in [1.82, 2.24) is 0 Å². The molecule has 12 heavy (non-hydrogen) atoms. The maximum atomic E-state index is 10.6. The topological polar surface area (TPSA) is 59.1 Å². The van der Waals surface area contributed by atoms with Crippen LogP contribution in [0.4, 0.5) is 0 Å². The van der Waals surface area contributed by atoms with Crippen LogP contribution in [-0.4, -0.2) is 30.2 Å². The van der Waals surface area contributed by atoms with Gasteiger partial charge in [-0.3, -0.25) is 4.79 Å². The molecule has 1 N–H and O–H groups in total. The van der Waals surface area contributed by atoms with Crippen molar-refractivity contribution in [3.63, 3.8) is 0 Å². The summed E-state index contributed by atoms with van der Waals surface area (Å²) in [6.07, 6.45) is 3.23. The van der Waals surface area contributed by atoms with Gasteiger partial charge in [-0.1, -0.05) is 0 Å². The SMILES string of the molecule is COC1=C(O)C=CC2(C=O)OC12. The highest BCUT2D eigenvalue weighted by Gasteiger charge is 2.60. The number of aldehydes is 1. The van der Waals surface area contributed by atoms with Crippen molar-refractivity contribution in [1.29, 1.82) is 0 Å². The summed E-state index contributed by atoms with van der Waals surface area (Å²) in [7, 11) is 1.43. The van der Waals surface area contributed by atoms with E-state index in [1.54, 1.807) is 0 Å². The molecule has 1 heterocycles. The van der Waals surface area contributed by atoms with E-state index in [1.807, 2.05) is 0 Å². The van der Waals surface area contributed by atoms with Gasteiger partial charge in [0.1, 0.15) is 0 Å². The van der Waals surface area contributed by atoms with E-state index in [-0.39, 0.29) is 5.76 Å². The molecule has 1 fully saturated rings. The molecule has 0 amide bonds. The van der Waals surface area contributed by atoms with E-state index in [2.05, 4.69) is 0 Å². The Morgan fingerprint density at radius 1 is 1.83 bits per heavy atom. The summed E-state index contributed by atoms with van der Waals surface area (Å²) < 4.78 is 9.97. The molecular formula is C8H8O4. The second-order valence-corrected chi connectivity index (χ2v) is 2.76.